The fraction of sp³-hybridized carbons (Fsp3) is 0.440. The van der Waals surface area contributed by atoms with Gasteiger partial charge in [0.2, 0.25) is 5.91 Å². The zero-order valence-corrected chi connectivity index (χ0v) is 20.1. The van der Waals surface area contributed by atoms with Crippen molar-refractivity contribution < 1.29 is 14.3 Å². The summed E-state index contributed by atoms with van der Waals surface area (Å²) in [6.45, 7) is 5.96. The number of carbonyl (C=O) groups excluding carboxylic acids is 2. The van der Waals surface area contributed by atoms with Crippen molar-refractivity contribution in [1.29, 1.82) is 0 Å². The maximum atomic E-state index is 13.2. The molecule has 0 radical (unpaired) electrons. The van der Waals surface area contributed by atoms with E-state index in [9.17, 15) is 9.59 Å². The highest BCUT2D eigenvalue weighted by Gasteiger charge is 2.28. The molecule has 0 bridgehead atoms. The first kappa shape index (κ1) is 23.3. The minimum absolute atomic E-state index is 0.109. The molecule has 5 nitrogen and oxygen atoms in total. The minimum Gasteiger partial charge on any atom is -0.483 e. The summed E-state index contributed by atoms with van der Waals surface area (Å²) < 4.78 is 6.79. The number of aryl methyl sites for hydroxylation is 2. The Labute approximate surface area is 193 Å². The first-order valence-corrected chi connectivity index (χ1v) is 11.7. The highest BCUT2D eigenvalue weighted by Crippen LogP contribution is 2.21. The number of amides is 2. The zero-order valence-electron chi connectivity index (χ0n) is 18.5. The van der Waals surface area contributed by atoms with E-state index in [1.807, 2.05) is 56.3 Å². The average molecular weight is 487 g/mol. The van der Waals surface area contributed by atoms with Crippen molar-refractivity contribution in [1.82, 2.24) is 10.2 Å². The Bertz CT molecular complexity index is 925. The second kappa shape index (κ2) is 10.8. The number of carbonyl (C=O) groups is 2. The molecule has 0 spiro atoms. The lowest BCUT2D eigenvalue weighted by Crippen LogP contribution is -2.50. The molecule has 1 N–H and O–H groups in total. The Balaban J connectivity index is 1.73. The number of nitrogens with zero attached hydrogens (tertiary/aromatic N) is 1. The van der Waals surface area contributed by atoms with Crippen LogP contribution in [0.4, 0.5) is 0 Å². The highest BCUT2D eigenvalue weighted by atomic mass is 79.9. The Kier molecular flexibility index (Phi) is 8.13. The molecule has 1 aliphatic rings. The molecule has 0 aliphatic heterocycles. The van der Waals surface area contributed by atoms with E-state index in [0.717, 1.165) is 46.8 Å². The molecule has 0 saturated heterocycles. The van der Waals surface area contributed by atoms with Gasteiger partial charge in [0.05, 0.1) is 0 Å². The molecule has 1 saturated carbocycles. The largest absolute Gasteiger partial charge is 0.483 e. The van der Waals surface area contributed by atoms with Crippen LogP contribution in [-0.2, 0) is 16.1 Å². The monoisotopic (exact) mass is 486 g/mol. The zero-order chi connectivity index (χ0) is 22.4. The number of ether oxygens (including phenoxy) is 1. The number of hydrogen-bond acceptors (Lipinski definition) is 3. The summed E-state index contributed by atoms with van der Waals surface area (Å²) in [5.74, 6) is 0.371. The Morgan fingerprint density at radius 1 is 1.16 bits per heavy atom. The molecule has 1 unspecified atom stereocenters. The first-order chi connectivity index (χ1) is 14.8. The van der Waals surface area contributed by atoms with Crippen LogP contribution in [0.5, 0.6) is 5.75 Å². The third kappa shape index (κ3) is 6.57. The van der Waals surface area contributed by atoms with Gasteiger partial charge in [-0.15, -0.1) is 0 Å². The van der Waals surface area contributed by atoms with E-state index in [-0.39, 0.29) is 24.5 Å². The molecule has 0 aromatic heterocycles. The Hall–Kier alpha value is -2.34. The second-order valence-electron chi connectivity index (χ2n) is 8.38. The van der Waals surface area contributed by atoms with Crippen molar-refractivity contribution >= 4 is 27.7 Å². The quantitative estimate of drug-likeness (QED) is 0.575. The number of benzene rings is 2. The summed E-state index contributed by atoms with van der Waals surface area (Å²) >= 11 is 3.48. The van der Waals surface area contributed by atoms with E-state index >= 15 is 0 Å². The predicted octanol–water partition coefficient (Wildman–Crippen LogP) is 4.92. The van der Waals surface area contributed by atoms with Crippen molar-refractivity contribution in [3.63, 3.8) is 0 Å². The number of halogens is 1. The van der Waals surface area contributed by atoms with Crippen LogP contribution >= 0.6 is 15.9 Å². The SMILES string of the molecule is Cc1ccc(C)c(OCC(=O)N(Cc2cccc(Br)c2)C(C)C(=O)NC2CCCC2)c1. The fourth-order valence-electron chi connectivity index (χ4n) is 3.89. The molecule has 2 amide bonds. The van der Waals surface area contributed by atoms with Gasteiger partial charge in [-0.25, -0.2) is 0 Å². The van der Waals surface area contributed by atoms with E-state index in [1.54, 1.807) is 11.8 Å². The summed E-state index contributed by atoms with van der Waals surface area (Å²) in [6, 6.07) is 13.3. The summed E-state index contributed by atoms with van der Waals surface area (Å²) in [5.41, 5.74) is 3.00. The molecule has 0 heterocycles. The molecular formula is C25H31BrN2O3. The van der Waals surface area contributed by atoms with Crippen molar-refractivity contribution in [3.05, 3.63) is 63.6 Å². The van der Waals surface area contributed by atoms with Crippen molar-refractivity contribution in [3.8, 4) is 5.75 Å². The van der Waals surface area contributed by atoms with Gasteiger partial charge in [-0.05, 0) is 68.5 Å². The third-order valence-corrected chi connectivity index (χ3v) is 6.30. The van der Waals surface area contributed by atoms with Crippen LogP contribution in [0.3, 0.4) is 0 Å². The van der Waals surface area contributed by atoms with Gasteiger partial charge in [0.15, 0.2) is 6.61 Å². The van der Waals surface area contributed by atoms with Gasteiger partial charge in [0, 0.05) is 17.1 Å². The highest BCUT2D eigenvalue weighted by molar-refractivity contribution is 9.10. The van der Waals surface area contributed by atoms with E-state index in [1.165, 1.54) is 0 Å². The number of rotatable bonds is 8. The number of nitrogens with one attached hydrogen (secondary N) is 1. The summed E-state index contributed by atoms with van der Waals surface area (Å²) in [6.07, 6.45) is 4.30. The molecule has 1 atom stereocenters. The molecule has 6 heteroatoms. The van der Waals surface area contributed by atoms with Crippen LogP contribution in [0.2, 0.25) is 0 Å². The molecule has 2 aromatic rings. The lowest BCUT2D eigenvalue weighted by atomic mass is 10.1. The molecule has 1 aliphatic carbocycles. The average Bonchev–Trinajstić information content (AvgIpc) is 3.25. The molecule has 1 fully saturated rings. The topological polar surface area (TPSA) is 58.6 Å². The normalized spacial score (nSPS) is 14.8. The van der Waals surface area contributed by atoms with E-state index in [0.29, 0.717) is 12.3 Å². The predicted molar refractivity (Wildman–Crippen MR) is 126 cm³/mol. The summed E-state index contributed by atoms with van der Waals surface area (Å²) in [4.78, 5) is 27.7. The second-order valence-corrected chi connectivity index (χ2v) is 9.29. The van der Waals surface area contributed by atoms with Crippen LogP contribution in [0.15, 0.2) is 46.9 Å². The van der Waals surface area contributed by atoms with Gasteiger partial charge in [-0.1, -0.05) is 53.0 Å². The molecule has 2 aromatic carbocycles. The van der Waals surface area contributed by atoms with Gasteiger partial charge in [-0.3, -0.25) is 9.59 Å². The minimum atomic E-state index is -0.589. The van der Waals surface area contributed by atoms with Gasteiger partial charge in [0.1, 0.15) is 11.8 Å². The fourth-order valence-corrected chi connectivity index (χ4v) is 4.34. The van der Waals surface area contributed by atoms with Crippen molar-refractivity contribution in [2.75, 3.05) is 6.61 Å². The maximum Gasteiger partial charge on any atom is 0.261 e. The summed E-state index contributed by atoms with van der Waals surface area (Å²) in [5, 5.41) is 3.12. The van der Waals surface area contributed by atoms with Crippen LogP contribution in [-0.4, -0.2) is 35.4 Å². The van der Waals surface area contributed by atoms with Crippen LogP contribution in [0, 0.1) is 13.8 Å². The van der Waals surface area contributed by atoms with E-state index < -0.39 is 6.04 Å². The first-order valence-electron chi connectivity index (χ1n) is 10.9. The summed E-state index contributed by atoms with van der Waals surface area (Å²) in [7, 11) is 0. The molecule has 3 rings (SSSR count). The van der Waals surface area contributed by atoms with Crippen molar-refractivity contribution in [2.45, 2.75) is 65.1 Å². The van der Waals surface area contributed by atoms with Gasteiger partial charge in [0.25, 0.3) is 5.91 Å². The van der Waals surface area contributed by atoms with Crippen LogP contribution in [0.1, 0.15) is 49.3 Å². The standard InChI is InChI=1S/C25H31BrN2O3/c1-17-11-12-18(2)23(13-17)31-16-24(29)28(15-20-7-6-8-21(26)14-20)19(3)25(30)27-22-9-4-5-10-22/h6-8,11-14,19,22H,4-5,9-10,15-16H2,1-3H3,(H,27,30). The van der Waals surface area contributed by atoms with E-state index in [4.69, 9.17) is 4.74 Å². The van der Waals surface area contributed by atoms with Crippen molar-refractivity contribution in [2.24, 2.45) is 0 Å². The molecular weight excluding hydrogens is 456 g/mol. The van der Waals surface area contributed by atoms with Gasteiger partial charge >= 0.3 is 0 Å². The molecule has 166 valence electrons. The van der Waals surface area contributed by atoms with Gasteiger partial charge < -0.3 is 15.0 Å². The Morgan fingerprint density at radius 3 is 2.61 bits per heavy atom. The smallest absolute Gasteiger partial charge is 0.261 e. The Morgan fingerprint density at radius 2 is 1.90 bits per heavy atom. The lowest BCUT2D eigenvalue weighted by Gasteiger charge is -2.30. The van der Waals surface area contributed by atoms with Crippen LogP contribution < -0.4 is 10.1 Å². The van der Waals surface area contributed by atoms with E-state index in [2.05, 4.69) is 21.2 Å². The molecule has 31 heavy (non-hydrogen) atoms. The van der Waals surface area contributed by atoms with Gasteiger partial charge in [-0.2, -0.15) is 0 Å². The maximum absolute atomic E-state index is 13.2. The third-order valence-electron chi connectivity index (χ3n) is 5.81. The lowest BCUT2D eigenvalue weighted by molar-refractivity contribution is -0.142. The van der Waals surface area contributed by atoms with Crippen LogP contribution in [0.25, 0.3) is 0 Å². The number of hydrogen-bond donors (Lipinski definition) is 1.